The van der Waals surface area contributed by atoms with E-state index in [2.05, 4.69) is 5.10 Å². The van der Waals surface area contributed by atoms with Gasteiger partial charge in [0.25, 0.3) is 0 Å². The molecule has 1 aromatic heterocycles. The number of carboxylic acids is 1. The fourth-order valence-electron chi connectivity index (χ4n) is 5.20. The summed E-state index contributed by atoms with van der Waals surface area (Å²) < 4.78 is 95.8. The molecule has 0 aliphatic rings. The summed E-state index contributed by atoms with van der Waals surface area (Å²) in [6.07, 6.45) is -8.35. The van der Waals surface area contributed by atoms with Crippen LogP contribution in [0, 0.1) is 12.7 Å². The predicted octanol–water partition coefficient (Wildman–Crippen LogP) is 8.05. The maximum absolute atomic E-state index is 14.8. The molecule has 238 valence electrons. The van der Waals surface area contributed by atoms with E-state index in [1.54, 1.807) is 25.1 Å². The normalized spacial score (nSPS) is 12.0. The third kappa shape index (κ3) is 6.58. The highest BCUT2D eigenvalue weighted by molar-refractivity contribution is 5.91. The predicted molar refractivity (Wildman–Crippen MR) is 155 cm³/mol. The zero-order valence-corrected chi connectivity index (χ0v) is 24.0. The number of hydrogen-bond donors (Lipinski definition) is 1. The van der Waals surface area contributed by atoms with Gasteiger partial charge in [0.15, 0.2) is 0 Å². The maximum atomic E-state index is 14.8. The van der Waals surface area contributed by atoms with Crippen molar-refractivity contribution < 1.29 is 40.6 Å². The van der Waals surface area contributed by atoms with E-state index in [4.69, 9.17) is 0 Å². The van der Waals surface area contributed by atoms with Gasteiger partial charge in [-0.3, -0.25) is 0 Å². The van der Waals surface area contributed by atoms with Gasteiger partial charge < -0.3 is 5.11 Å². The Morgan fingerprint density at radius 1 is 0.848 bits per heavy atom. The molecule has 0 fully saturated rings. The van der Waals surface area contributed by atoms with Gasteiger partial charge in [-0.2, -0.15) is 31.0 Å². The second-order valence-corrected chi connectivity index (χ2v) is 10.5. The minimum Gasteiger partial charge on any atom is -0.478 e. The Balaban J connectivity index is 1.40. The summed E-state index contributed by atoms with van der Waals surface area (Å²) in [5.74, 6) is -2.22. The first-order valence-corrected chi connectivity index (χ1v) is 13.8. The van der Waals surface area contributed by atoms with Crippen LogP contribution < -0.4 is 5.69 Å². The van der Waals surface area contributed by atoms with Crippen molar-refractivity contribution in [1.29, 1.82) is 0 Å². The van der Waals surface area contributed by atoms with Gasteiger partial charge >= 0.3 is 24.0 Å². The van der Waals surface area contributed by atoms with E-state index in [1.165, 1.54) is 30.3 Å². The third-order valence-corrected chi connectivity index (χ3v) is 7.40. The molecule has 5 rings (SSSR count). The molecule has 5 aromatic rings. The van der Waals surface area contributed by atoms with Gasteiger partial charge in [0.2, 0.25) is 0 Å². The van der Waals surface area contributed by atoms with Gasteiger partial charge in [0.1, 0.15) is 11.6 Å². The van der Waals surface area contributed by atoms with Crippen LogP contribution in [0.1, 0.15) is 44.9 Å². The van der Waals surface area contributed by atoms with Crippen molar-refractivity contribution in [2.45, 2.75) is 38.5 Å². The smallest absolute Gasteiger partial charge is 0.417 e. The number of aromatic nitrogens is 3. The molecule has 46 heavy (non-hydrogen) atoms. The number of rotatable bonds is 8. The molecule has 0 spiro atoms. The van der Waals surface area contributed by atoms with E-state index in [0.29, 0.717) is 29.5 Å². The van der Waals surface area contributed by atoms with Crippen molar-refractivity contribution >= 4 is 5.97 Å². The monoisotopic (exact) mass is 643 g/mol. The SMILES string of the molecule is Cc1cc(CCCc2nn(-c3ccc(C(F)(F)F)cc3)c(=O)n2-c2ccccc2F)ccc1-c1ccc(C(F)(F)F)c(C(=O)O)c1. The lowest BCUT2D eigenvalue weighted by Gasteiger charge is -2.14. The van der Waals surface area contributed by atoms with Crippen LogP contribution >= 0.6 is 0 Å². The zero-order chi connectivity index (χ0) is 33.4. The van der Waals surface area contributed by atoms with Crippen molar-refractivity contribution in [2.24, 2.45) is 0 Å². The summed E-state index contributed by atoms with van der Waals surface area (Å²) in [5.41, 5.74) is -1.42. The summed E-state index contributed by atoms with van der Waals surface area (Å²) in [7, 11) is 0. The van der Waals surface area contributed by atoms with Crippen molar-refractivity contribution in [2.75, 3.05) is 0 Å². The van der Waals surface area contributed by atoms with Crippen LogP contribution in [0.15, 0.2) is 89.7 Å². The van der Waals surface area contributed by atoms with Gasteiger partial charge in [-0.15, -0.1) is 5.10 Å². The quantitative estimate of drug-likeness (QED) is 0.174. The third-order valence-electron chi connectivity index (χ3n) is 7.40. The molecule has 0 atom stereocenters. The summed E-state index contributed by atoms with van der Waals surface area (Å²) in [6.45, 7) is 1.73. The summed E-state index contributed by atoms with van der Waals surface area (Å²) >= 11 is 0. The summed E-state index contributed by atoms with van der Waals surface area (Å²) in [5, 5.41) is 13.7. The Morgan fingerprint density at radius 3 is 2.15 bits per heavy atom. The molecular weight excluding hydrogens is 619 g/mol. The molecule has 4 aromatic carbocycles. The highest BCUT2D eigenvalue weighted by atomic mass is 19.4. The molecule has 0 unspecified atom stereocenters. The standard InChI is InChI=1S/C33H24F7N3O3/c1-19-17-20(9-15-24(19)21-10-16-26(33(38,39)40)25(18-21)30(44)45)5-4-8-29-41-43(23-13-11-22(12-14-23)32(35,36)37)31(46)42(29)28-7-3-2-6-27(28)34/h2-3,6-7,9-18H,4-5,8H2,1H3,(H,44,45). The highest BCUT2D eigenvalue weighted by Crippen LogP contribution is 2.35. The van der Waals surface area contributed by atoms with E-state index in [-0.39, 0.29) is 23.6 Å². The van der Waals surface area contributed by atoms with Crippen LogP contribution in [0.3, 0.4) is 0 Å². The van der Waals surface area contributed by atoms with E-state index in [9.17, 15) is 45.4 Å². The number of carbonyl (C=O) groups is 1. The van der Waals surface area contributed by atoms with E-state index in [0.717, 1.165) is 51.2 Å². The molecule has 0 saturated carbocycles. The zero-order valence-electron chi connectivity index (χ0n) is 24.0. The van der Waals surface area contributed by atoms with Gasteiger partial charge in [-0.05, 0) is 90.6 Å². The van der Waals surface area contributed by atoms with Gasteiger partial charge in [0, 0.05) is 6.42 Å². The number of alkyl halides is 6. The number of carboxylic acid groups (broad SMARTS) is 1. The van der Waals surface area contributed by atoms with Crippen molar-refractivity contribution in [1.82, 2.24) is 14.3 Å². The molecule has 1 heterocycles. The lowest BCUT2D eigenvalue weighted by Crippen LogP contribution is -2.24. The lowest BCUT2D eigenvalue weighted by molar-refractivity contribution is -0.138. The Hall–Kier alpha value is -5.20. The minimum absolute atomic E-state index is 0.0647. The second kappa shape index (κ2) is 12.3. The highest BCUT2D eigenvalue weighted by Gasteiger charge is 2.35. The molecule has 0 bridgehead atoms. The molecule has 0 aliphatic heterocycles. The number of halogens is 7. The Labute approximate surface area is 257 Å². The van der Waals surface area contributed by atoms with Gasteiger partial charge in [-0.25, -0.2) is 18.5 Å². The van der Waals surface area contributed by atoms with Crippen LogP contribution in [0.5, 0.6) is 0 Å². The largest absolute Gasteiger partial charge is 0.478 e. The molecule has 1 N–H and O–H groups in total. The summed E-state index contributed by atoms with van der Waals surface area (Å²) in [4.78, 5) is 24.9. The average Bonchev–Trinajstić information content (AvgIpc) is 3.31. The van der Waals surface area contributed by atoms with E-state index < -0.39 is 46.5 Å². The van der Waals surface area contributed by atoms with Gasteiger partial charge in [0.05, 0.1) is 28.1 Å². The molecule has 13 heteroatoms. The van der Waals surface area contributed by atoms with Gasteiger partial charge in [-0.1, -0.05) is 36.4 Å². The number of nitrogens with zero attached hydrogens (tertiary/aromatic N) is 3. The Kier molecular flexibility index (Phi) is 8.61. The Morgan fingerprint density at radius 2 is 1.54 bits per heavy atom. The molecule has 0 amide bonds. The molecule has 6 nitrogen and oxygen atoms in total. The van der Waals surface area contributed by atoms with Crippen LogP contribution in [-0.4, -0.2) is 25.4 Å². The summed E-state index contributed by atoms with van der Waals surface area (Å²) in [6, 6.07) is 17.6. The van der Waals surface area contributed by atoms with Crippen molar-refractivity contribution in [3.05, 3.63) is 135 Å². The van der Waals surface area contributed by atoms with E-state index >= 15 is 0 Å². The average molecular weight is 644 g/mol. The first-order chi connectivity index (χ1) is 21.6. The molecule has 0 radical (unpaired) electrons. The van der Waals surface area contributed by atoms with Crippen LogP contribution in [0.2, 0.25) is 0 Å². The van der Waals surface area contributed by atoms with E-state index in [1.807, 2.05) is 0 Å². The first-order valence-electron chi connectivity index (χ1n) is 13.8. The molecule has 0 saturated heterocycles. The first kappa shape index (κ1) is 32.2. The number of aromatic carboxylic acids is 1. The van der Waals surface area contributed by atoms with Crippen LogP contribution in [0.4, 0.5) is 30.7 Å². The molecular formula is C33H24F7N3O3. The second-order valence-electron chi connectivity index (χ2n) is 10.5. The number of hydrogen-bond acceptors (Lipinski definition) is 3. The molecule has 0 aliphatic carbocycles. The topological polar surface area (TPSA) is 77.1 Å². The fourth-order valence-corrected chi connectivity index (χ4v) is 5.20. The van der Waals surface area contributed by atoms with Crippen molar-refractivity contribution in [3.63, 3.8) is 0 Å². The maximum Gasteiger partial charge on any atom is 0.417 e. The lowest BCUT2D eigenvalue weighted by atomic mass is 9.94. The van der Waals surface area contributed by atoms with Crippen LogP contribution in [-0.2, 0) is 25.2 Å². The number of aryl methyl sites for hydroxylation is 3. The Bertz CT molecular complexity index is 1970. The fraction of sp³-hybridized carbons (Fsp3) is 0.182. The number of benzene rings is 4. The van der Waals surface area contributed by atoms with Crippen molar-refractivity contribution in [3.8, 4) is 22.5 Å². The minimum atomic E-state index is -4.82. The van der Waals surface area contributed by atoms with Crippen LogP contribution in [0.25, 0.3) is 22.5 Å². The number of para-hydroxylation sites is 1.